The van der Waals surface area contributed by atoms with E-state index in [9.17, 15) is 14.8 Å². The number of carbonyl (C=O) groups excluding carboxylic acids is 2. The van der Waals surface area contributed by atoms with E-state index in [1.165, 1.54) is 19.2 Å². The van der Waals surface area contributed by atoms with E-state index in [0.29, 0.717) is 17.1 Å². The van der Waals surface area contributed by atoms with Crippen LogP contribution in [0, 0.1) is 0 Å². The Balaban J connectivity index is 2.24. The molecule has 108 valence electrons. The molecular weight excluding hydrogens is 270 g/mol. The van der Waals surface area contributed by atoms with Crippen molar-refractivity contribution in [3.05, 3.63) is 65.2 Å². The van der Waals surface area contributed by atoms with Crippen molar-refractivity contribution in [1.82, 2.24) is 5.06 Å². The summed E-state index contributed by atoms with van der Waals surface area (Å²) >= 11 is 0. The first-order valence-corrected chi connectivity index (χ1v) is 6.33. The number of amides is 1. The van der Waals surface area contributed by atoms with Crippen molar-refractivity contribution in [2.75, 3.05) is 7.11 Å². The van der Waals surface area contributed by atoms with Crippen molar-refractivity contribution >= 4 is 12.2 Å². The highest BCUT2D eigenvalue weighted by Gasteiger charge is 2.18. The number of rotatable bonds is 5. The molecule has 0 saturated carbocycles. The molecule has 5 nitrogen and oxygen atoms in total. The summed E-state index contributed by atoms with van der Waals surface area (Å²) in [5.41, 5.74) is 1.08. The van der Waals surface area contributed by atoms with Crippen LogP contribution < -0.4 is 4.74 Å². The van der Waals surface area contributed by atoms with Gasteiger partial charge in [0.1, 0.15) is 5.75 Å². The van der Waals surface area contributed by atoms with Crippen molar-refractivity contribution in [2.24, 2.45) is 0 Å². The molecule has 0 atom stereocenters. The van der Waals surface area contributed by atoms with Crippen LogP contribution in [0.3, 0.4) is 0 Å². The summed E-state index contributed by atoms with van der Waals surface area (Å²) in [7, 11) is 1.46. The molecule has 0 aliphatic carbocycles. The van der Waals surface area contributed by atoms with Crippen molar-refractivity contribution in [1.29, 1.82) is 0 Å². The molecule has 2 rings (SSSR count). The van der Waals surface area contributed by atoms with Gasteiger partial charge in [0.15, 0.2) is 6.29 Å². The summed E-state index contributed by atoms with van der Waals surface area (Å²) in [5.74, 6) is -0.211. The minimum absolute atomic E-state index is 0.0369. The lowest BCUT2D eigenvalue weighted by Crippen LogP contribution is -2.27. The second-order valence-electron chi connectivity index (χ2n) is 4.42. The summed E-state index contributed by atoms with van der Waals surface area (Å²) in [6.45, 7) is 0.0369. The van der Waals surface area contributed by atoms with E-state index in [1.807, 2.05) is 18.2 Å². The predicted molar refractivity (Wildman–Crippen MR) is 76.5 cm³/mol. The minimum atomic E-state index is -0.653. The molecule has 0 saturated heterocycles. The Labute approximate surface area is 122 Å². The fourth-order valence-electron chi connectivity index (χ4n) is 1.92. The Morgan fingerprint density at radius 1 is 1.24 bits per heavy atom. The molecular formula is C16H15NO4. The Bertz CT molecular complexity index is 640. The standard InChI is InChI=1S/C16H15NO4/c1-21-14-8-7-13(11-18)15(9-14)16(19)17(20)10-12-5-3-2-4-6-12/h2-9,11,20H,10H2,1H3. The maximum atomic E-state index is 12.3. The lowest BCUT2D eigenvalue weighted by atomic mass is 10.1. The van der Waals surface area contributed by atoms with Gasteiger partial charge in [-0.15, -0.1) is 0 Å². The first-order valence-electron chi connectivity index (χ1n) is 6.33. The van der Waals surface area contributed by atoms with Gasteiger partial charge in [0.25, 0.3) is 5.91 Å². The van der Waals surface area contributed by atoms with E-state index in [1.54, 1.807) is 18.2 Å². The maximum Gasteiger partial charge on any atom is 0.278 e. The van der Waals surface area contributed by atoms with E-state index >= 15 is 0 Å². The summed E-state index contributed by atoms with van der Waals surface area (Å²) in [6.07, 6.45) is 0.572. The molecule has 0 fully saturated rings. The summed E-state index contributed by atoms with van der Waals surface area (Å²) in [4.78, 5) is 23.3. The molecule has 0 unspecified atom stereocenters. The Hall–Kier alpha value is -2.66. The normalized spacial score (nSPS) is 10.0. The number of ether oxygens (including phenoxy) is 1. The second kappa shape index (κ2) is 6.67. The van der Waals surface area contributed by atoms with Gasteiger partial charge in [0, 0.05) is 5.56 Å². The number of methoxy groups -OCH3 is 1. The van der Waals surface area contributed by atoms with E-state index in [2.05, 4.69) is 0 Å². The van der Waals surface area contributed by atoms with Crippen LogP contribution in [0.5, 0.6) is 5.75 Å². The van der Waals surface area contributed by atoms with E-state index in [-0.39, 0.29) is 17.7 Å². The monoisotopic (exact) mass is 285 g/mol. The lowest BCUT2D eigenvalue weighted by Gasteiger charge is -2.16. The van der Waals surface area contributed by atoms with Gasteiger partial charge in [0.05, 0.1) is 19.2 Å². The number of hydroxylamine groups is 2. The molecule has 5 heteroatoms. The molecule has 0 aliphatic heterocycles. The molecule has 0 bridgehead atoms. The second-order valence-corrected chi connectivity index (χ2v) is 4.42. The van der Waals surface area contributed by atoms with Gasteiger partial charge < -0.3 is 4.74 Å². The summed E-state index contributed by atoms with van der Waals surface area (Å²) < 4.78 is 5.03. The molecule has 0 heterocycles. The number of hydrogen-bond donors (Lipinski definition) is 1. The summed E-state index contributed by atoms with van der Waals surface area (Å²) in [5, 5.41) is 10.5. The highest BCUT2D eigenvalue weighted by Crippen LogP contribution is 2.18. The fraction of sp³-hybridized carbons (Fsp3) is 0.125. The van der Waals surface area contributed by atoms with Crippen LogP contribution in [-0.2, 0) is 6.54 Å². The van der Waals surface area contributed by atoms with Gasteiger partial charge in [0.2, 0.25) is 0 Å². The van der Waals surface area contributed by atoms with Gasteiger partial charge in [-0.2, -0.15) is 0 Å². The van der Waals surface area contributed by atoms with Gasteiger partial charge in [-0.3, -0.25) is 14.8 Å². The predicted octanol–water partition coefficient (Wildman–Crippen LogP) is 2.54. The molecule has 2 aromatic rings. The zero-order valence-electron chi connectivity index (χ0n) is 11.5. The topological polar surface area (TPSA) is 66.8 Å². The van der Waals surface area contributed by atoms with E-state index in [4.69, 9.17) is 4.74 Å². The van der Waals surface area contributed by atoms with Gasteiger partial charge in [-0.25, -0.2) is 5.06 Å². The van der Waals surface area contributed by atoms with Crippen LogP contribution in [0.25, 0.3) is 0 Å². The molecule has 21 heavy (non-hydrogen) atoms. The van der Waals surface area contributed by atoms with Crippen molar-refractivity contribution < 1.29 is 19.5 Å². The van der Waals surface area contributed by atoms with E-state index in [0.717, 1.165) is 5.56 Å². The van der Waals surface area contributed by atoms with E-state index < -0.39 is 5.91 Å². The molecule has 0 aromatic heterocycles. The van der Waals surface area contributed by atoms with Gasteiger partial charge >= 0.3 is 0 Å². The average molecular weight is 285 g/mol. The number of hydrogen-bond acceptors (Lipinski definition) is 4. The SMILES string of the molecule is COc1ccc(C=O)c(C(=O)N(O)Cc2ccccc2)c1. The Kier molecular flexibility index (Phi) is 4.68. The number of aldehydes is 1. The zero-order valence-corrected chi connectivity index (χ0v) is 11.5. The highest BCUT2D eigenvalue weighted by molar-refractivity contribution is 6.01. The van der Waals surface area contributed by atoms with Gasteiger partial charge in [-0.05, 0) is 23.8 Å². The third-order valence-corrected chi connectivity index (χ3v) is 3.03. The minimum Gasteiger partial charge on any atom is -0.497 e. The lowest BCUT2D eigenvalue weighted by molar-refractivity contribution is -0.0648. The number of carbonyl (C=O) groups is 2. The number of nitrogens with zero attached hydrogens (tertiary/aromatic N) is 1. The van der Waals surface area contributed by atoms with Crippen LogP contribution in [0.1, 0.15) is 26.3 Å². The first-order chi connectivity index (χ1) is 10.2. The quantitative estimate of drug-likeness (QED) is 0.521. The third kappa shape index (κ3) is 3.46. The van der Waals surface area contributed by atoms with Crippen LogP contribution in [-0.4, -0.2) is 29.6 Å². The maximum absolute atomic E-state index is 12.3. The van der Waals surface area contributed by atoms with Crippen LogP contribution >= 0.6 is 0 Å². The molecule has 0 aliphatic rings. The largest absolute Gasteiger partial charge is 0.497 e. The Morgan fingerprint density at radius 3 is 2.57 bits per heavy atom. The summed E-state index contributed by atoms with van der Waals surface area (Å²) in [6, 6.07) is 13.6. The van der Waals surface area contributed by atoms with Crippen molar-refractivity contribution in [3.63, 3.8) is 0 Å². The van der Waals surface area contributed by atoms with Crippen molar-refractivity contribution in [2.45, 2.75) is 6.54 Å². The average Bonchev–Trinajstić information content (AvgIpc) is 2.54. The van der Waals surface area contributed by atoms with Crippen LogP contribution in [0.15, 0.2) is 48.5 Å². The molecule has 2 aromatic carbocycles. The third-order valence-electron chi connectivity index (χ3n) is 3.03. The van der Waals surface area contributed by atoms with Crippen LogP contribution in [0.4, 0.5) is 0 Å². The highest BCUT2D eigenvalue weighted by atomic mass is 16.5. The van der Waals surface area contributed by atoms with Gasteiger partial charge in [-0.1, -0.05) is 30.3 Å². The molecule has 0 radical (unpaired) electrons. The molecule has 1 N–H and O–H groups in total. The van der Waals surface area contributed by atoms with Crippen molar-refractivity contribution in [3.8, 4) is 5.75 Å². The Morgan fingerprint density at radius 2 is 1.95 bits per heavy atom. The fourth-order valence-corrected chi connectivity index (χ4v) is 1.92. The molecule has 0 spiro atoms. The smallest absolute Gasteiger partial charge is 0.278 e. The molecule has 1 amide bonds. The van der Waals surface area contributed by atoms with Crippen LogP contribution in [0.2, 0.25) is 0 Å². The first kappa shape index (κ1) is 14.7. The number of benzene rings is 2. The zero-order chi connectivity index (χ0) is 15.2.